The summed E-state index contributed by atoms with van der Waals surface area (Å²) in [6.45, 7) is 7.81. The number of piperazine rings is 1. The Bertz CT molecular complexity index is 573. The highest BCUT2D eigenvalue weighted by molar-refractivity contribution is 5.46. The molecule has 0 N–H and O–H groups in total. The van der Waals surface area contributed by atoms with Crippen LogP contribution in [0.25, 0.3) is 0 Å². The molecule has 0 unspecified atom stereocenters. The molecule has 23 heavy (non-hydrogen) atoms. The lowest BCUT2D eigenvalue weighted by atomic mass is 10.1. The average Bonchev–Trinajstić information content (AvgIpc) is 3.01. The summed E-state index contributed by atoms with van der Waals surface area (Å²) in [6, 6.07) is 12.8. The number of hydrogen-bond acceptors (Lipinski definition) is 4. The van der Waals surface area contributed by atoms with Crippen molar-refractivity contribution in [3.63, 3.8) is 0 Å². The molecule has 4 heteroatoms. The Morgan fingerprint density at radius 3 is 2.48 bits per heavy atom. The molecule has 124 valence electrons. The Labute approximate surface area is 139 Å². The predicted octanol–water partition coefficient (Wildman–Crippen LogP) is 3.52. The Balaban J connectivity index is 1.29. The number of benzene rings is 1. The highest BCUT2D eigenvalue weighted by Gasteiger charge is 2.16. The van der Waals surface area contributed by atoms with Gasteiger partial charge in [0.1, 0.15) is 5.76 Å². The van der Waals surface area contributed by atoms with E-state index in [0.717, 1.165) is 31.0 Å². The standard InChI is InChI=1S/C19H27N3O/c1-17-16-18(20-23-17)8-4-3-7-11-21-12-14-22(15-13-21)19-9-5-2-6-10-19/h2,5-6,9-10,16H,3-4,7-8,11-15H2,1H3. The maximum atomic E-state index is 5.10. The molecule has 1 aromatic carbocycles. The molecule has 1 fully saturated rings. The number of para-hydroxylation sites is 1. The van der Waals surface area contributed by atoms with Gasteiger partial charge in [-0.05, 0) is 44.9 Å². The Morgan fingerprint density at radius 2 is 1.78 bits per heavy atom. The van der Waals surface area contributed by atoms with E-state index in [9.17, 15) is 0 Å². The fraction of sp³-hybridized carbons (Fsp3) is 0.526. The number of aryl methyl sites for hydroxylation is 2. The number of nitrogens with zero attached hydrogens (tertiary/aromatic N) is 3. The van der Waals surface area contributed by atoms with E-state index in [1.807, 2.05) is 13.0 Å². The van der Waals surface area contributed by atoms with Crippen LogP contribution in [0.3, 0.4) is 0 Å². The lowest BCUT2D eigenvalue weighted by Crippen LogP contribution is -2.46. The van der Waals surface area contributed by atoms with Crippen molar-refractivity contribution in [3.8, 4) is 0 Å². The second kappa shape index (κ2) is 8.16. The third kappa shape index (κ3) is 4.83. The summed E-state index contributed by atoms with van der Waals surface area (Å²) >= 11 is 0. The van der Waals surface area contributed by atoms with E-state index >= 15 is 0 Å². The number of rotatable bonds is 7. The van der Waals surface area contributed by atoms with Crippen molar-refractivity contribution in [2.45, 2.75) is 32.6 Å². The lowest BCUT2D eigenvalue weighted by molar-refractivity contribution is 0.252. The minimum Gasteiger partial charge on any atom is -0.369 e. The number of hydrogen-bond donors (Lipinski definition) is 0. The number of anilines is 1. The molecule has 3 rings (SSSR count). The van der Waals surface area contributed by atoms with Gasteiger partial charge in [0.15, 0.2) is 0 Å². The molecule has 0 saturated carbocycles. The van der Waals surface area contributed by atoms with E-state index < -0.39 is 0 Å². The largest absolute Gasteiger partial charge is 0.369 e. The van der Waals surface area contributed by atoms with Gasteiger partial charge in [-0.15, -0.1) is 0 Å². The second-order valence-corrected chi connectivity index (χ2v) is 6.40. The molecule has 0 bridgehead atoms. The van der Waals surface area contributed by atoms with E-state index in [0.29, 0.717) is 0 Å². The zero-order valence-corrected chi connectivity index (χ0v) is 14.1. The quantitative estimate of drug-likeness (QED) is 0.732. The van der Waals surface area contributed by atoms with Crippen LogP contribution in [0.1, 0.15) is 30.7 Å². The van der Waals surface area contributed by atoms with Gasteiger partial charge in [0.2, 0.25) is 0 Å². The summed E-state index contributed by atoms with van der Waals surface area (Å²) in [6.07, 6.45) is 4.79. The molecule has 1 aromatic heterocycles. The van der Waals surface area contributed by atoms with Gasteiger partial charge in [0, 0.05) is 37.9 Å². The van der Waals surface area contributed by atoms with Crippen molar-refractivity contribution in [3.05, 3.63) is 47.9 Å². The van der Waals surface area contributed by atoms with Crippen LogP contribution in [0.4, 0.5) is 5.69 Å². The monoisotopic (exact) mass is 313 g/mol. The fourth-order valence-corrected chi connectivity index (χ4v) is 3.22. The first kappa shape index (κ1) is 16.1. The number of aromatic nitrogens is 1. The first-order chi connectivity index (χ1) is 11.3. The molecule has 0 atom stereocenters. The smallest absolute Gasteiger partial charge is 0.133 e. The molecule has 1 aliphatic rings. The second-order valence-electron chi connectivity index (χ2n) is 6.40. The molecule has 1 saturated heterocycles. The molecule has 2 heterocycles. The highest BCUT2D eigenvalue weighted by atomic mass is 16.5. The first-order valence-electron chi connectivity index (χ1n) is 8.76. The molecule has 0 aliphatic carbocycles. The van der Waals surface area contributed by atoms with E-state index in [4.69, 9.17) is 4.52 Å². The molecule has 4 nitrogen and oxygen atoms in total. The van der Waals surface area contributed by atoms with Crippen molar-refractivity contribution in [1.29, 1.82) is 0 Å². The van der Waals surface area contributed by atoms with Gasteiger partial charge >= 0.3 is 0 Å². The summed E-state index contributed by atoms with van der Waals surface area (Å²) < 4.78 is 5.10. The third-order valence-corrected chi connectivity index (χ3v) is 4.58. The summed E-state index contributed by atoms with van der Waals surface area (Å²) in [5.74, 6) is 0.913. The van der Waals surface area contributed by atoms with Gasteiger partial charge < -0.3 is 9.42 Å². The van der Waals surface area contributed by atoms with E-state index in [1.165, 1.54) is 44.6 Å². The summed E-state index contributed by atoms with van der Waals surface area (Å²) in [5.41, 5.74) is 2.45. The van der Waals surface area contributed by atoms with Crippen LogP contribution in [0.5, 0.6) is 0 Å². The maximum absolute atomic E-state index is 5.10. The molecule has 0 radical (unpaired) electrons. The Kier molecular flexibility index (Phi) is 5.70. The van der Waals surface area contributed by atoms with Gasteiger partial charge in [0.25, 0.3) is 0 Å². The van der Waals surface area contributed by atoms with Crippen molar-refractivity contribution < 1.29 is 4.52 Å². The van der Waals surface area contributed by atoms with Gasteiger partial charge in [0.05, 0.1) is 5.69 Å². The van der Waals surface area contributed by atoms with E-state index in [1.54, 1.807) is 0 Å². The van der Waals surface area contributed by atoms with E-state index in [2.05, 4.69) is 45.3 Å². The van der Waals surface area contributed by atoms with Crippen molar-refractivity contribution in [2.24, 2.45) is 0 Å². The molecule has 0 spiro atoms. The fourth-order valence-electron chi connectivity index (χ4n) is 3.22. The predicted molar refractivity (Wildman–Crippen MR) is 93.9 cm³/mol. The van der Waals surface area contributed by atoms with Gasteiger partial charge in [-0.25, -0.2) is 0 Å². The summed E-state index contributed by atoms with van der Waals surface area (Å²) in [7, 11) is 0. The Hall–Kier alpha value is -1.81. The van der Waals surface area contributed by atoms with E-state index in [-0.39, 0.29) is 0 Å². The van der Waals surface area contributed by atoms with Crippen LogP contribution in [-0.2, 0) is 6.42 Å². The van der Waals surface area contributed by atoms with Gasteiger partial charge in [-0.1, -0.05) is 29.8 Å². The van der Waals surface area contributed by atoms with Crippen LogP contribution in [0.15, 0.2) is 40.9 Å². The topological polar surface area (TPSA) is 32.5 Å². The van der Waals surface area contributed by atoms with Crippen LogP contribution < -0.4 is 4.90 Å². The molecular formula is C19H27N3O. The maximum Gasteiger partial charge on any atom is 0.133 e. The molecule has 2 aromatic rings. The van der Waals surface area contributed by atoms with Crippen molar-refractivity contribution in [2.75, 3.05) is 37.6 Å². The first-order valence-corrected chi connectivity index (χ1v) is 8.76. The normalized spacial score (nSPS) is 16.0. The zero-order valence-electron chi connectivity index (χ0n) is 14.1. The minimum absolute atomic E-state index is 0.913. The third-order valence-electron chi connectivity index (χ3n) is 4.58. The van der Waals surface area contributed by atoms with Crippen LogP contribution in [0, 0.1) is 6.92 Å². The summed E-state index contributed by atoms with van der Waals surface area (Å²) in [4.78, 5) is 5.09. The number of unbranched alkanes of at least 4 members (excludes halogenated alkanes) is 2. The van der Waals surface area contributed by atoms with Gasteiger partial charge in [-0.2, -0.15) is 0 Å². The van der Waals surface area contributed by atoms with Crippen LogP contribution in [0.2, 0.25) is 0 Å². The molecule has 0 amide bonds. The average molecular weight is 313 g/mol. The van der Waals surface area contributed by atoms with Crippen LogP contribution >= 0.6 is 0 Å². The molecule has 1 aliphatic heterocycles. The lowest BCUT2D eigenvalue weighted by Gasteiger charge is -2.36. The van der Waals surface area contributed by atoms with Crippen LogP contribution in [-0.4, -0.2) is 42.8 Å². The van der Waals surface area contributed by atoms with Gasteiger partial charge in [-0.3, -0.25) is 4.90 Å². The Morgan fingerprint density at radius 1 is 1.00 bits per heavy atom. The minimum atomic E-state index is 0.913. The highest BCUT2D eigenvalue weighted by Crippen LogP contribution is 2.16. The zero-order chi connectivity index (χ0) is 15.9. The van der Waals surface area contributed by atoms with Crippen molar-refractivity contribution >= 4 is 5.69 Å². The molecular weight excluding hydrogens is 286 g/mol. The summed E-state index contributed by atoms with van der Waals surface area (Å²) in [5, 5.41) is 4.05. The SMILES string of the molecule is Cc1cc(CCCCCN2CCN(c3ccccc3)CC2)no1. The van der Waals surface area contributed by atoms with Crippen molar-refractivity contribution in [1.82, 2.24) is 10.1 Å².